The van der Waals surface area contributed by atoms with Crippen LogP contribution in [0.5, 0.6) is 11.5 Å². The molecule has 0 aliphatic heterocycles. The number of aryl methyl sites for hydroxylation is 1. The van der Waals surface area contributed by atoms with Gasteiger partial charge in [-0.25, -0.2) is 4.98 Å². The highest BCUT2D eigenvalue weighted by molar-refractivity contribution is 7.13. The first-order valence-corrected chi connectivity index (χ1v) is 7.62. The van der Waals surface area contributed by atoms with Crippen LogP contribution in [-0.2, 0) is 6.42 Å². The Bertz CT molecular complexity index is 763. The van der Waals surface area contributed by atoms with Crippen molar-refractivity contribution in [2.45, 2.75) is 13.3 Å². The predicted molar refractivity (Wildman–Crippen MR) is 85.7 cm³/mol. The molecule has 0 radical (unpaired) electrons. The van der Waals surface area contributed by atoms with Crippen molar-refractivity contribution in [2.24, 2.45) is 0 Å². The lowest BCUT2D eigenvalue weighted by atomic mass is 10.1. The minimum atomic E-state index is 0.0354. The van der Waals surface area contributed by atoms with Crippen LogP contribution in [0.4, 0.5) is 0 Å². The molecule has 3 rings (SSSR count). The Morgan fingerprint density at radius 3 is 2.48 bits per heavy atom. The minimum absolute atomic E-state index is 0.0354. The Labute approximate surface area is 127 Å². The molecular weight excluding hydrogens is 282 g/mol. The zero-order chi connectivity index (χ0) is 14.8. The van der Waals surface area contributed by atoms with Crippen molar-refractivity contribution in [2.75, 3.05) is 0 Å². The molecule has 0 saturated carbocycles. The van der Waals surface area contributed by atoms with E-state index in [1.807, 2.05) is 5.38 Å². The van der Waals surface area contributed by atoms with E-state index in [9.17, 15) is 10.2 Å². The lowest BCUT2D eigenvalue weighted by Gasteiger charge is -2.02. The monoisotopic (exact) mass is 297 g/mol. The predicted octanol–water partition coefficient (Wildman–Crippen LogP) is 4.45. The first-order valence-electron chi connectivity index (χ1n) is 6.74. The van der Waals surface area contributed by atoms with Crippen LogP contribution < -0.4 is 0 Å². The number of aromatic hydroxyl groups is 2. The van der Waals surface area contributed by atoms with E-state index in [1.165, 1.54) is 23.0 Å². The molecule has 4 heteroatoms. The highest BCUT2D eigenvalue weighted by atomic mass is 32.1. The van der Waals surface area contributed by atoms with Gasteiger partial charge < -0.3 is 10.2 Å². The Hall–Kier alpha value is -2.33. The van der Waals surface area contributed by atoms with E-state index in [-0.39, 0.29) is 11.5 Å². The van der Waals surface area contributed by atoms with Gasteiger partial charge in [0.05, 0.1) is 5.69 Å². The molecule has 3 aromatic rings. The third kappa shape index (κ3) is 2.76. The van der Waals surface area contributed by atoms with Crippen LogP contribution in [0.15, 0.2) is 47.8 Å². The molecule has 0 unspecified atom stereocenters. The Kier molecular flexibility index (Phi) is 3.62. The number of phenolic OH excluding ortho intramolecular Hbond substituents is 2. The summed E-state index contributed by atoms with van der Waals surface area (Å²) < 4.78 is 0. The third-order valence-corrected chi connectivity index (χ3v) is 4.26. The van der Waals surface area contributed by atoms with E-state index in [0.717, 1.165) is 17.0 Å². The maximum absolute atomic E-state index is 9.90. The van der Waals surface area contributed by atoms with Crippen molar-refractivity contribution in [1.29, 1.82) is 0 Å². The Morgan fingerprint density at radius 2 is 1.81 bits per heavy atom. The van der Waals surface area contributed by atoms with Gasteiger partial charge in [-0.2, -0.15) is 0 Å². The molecular formula is C17H15NO2S. The van der Waals surface area contributed by atoms with E-state index >= 15 is 0 Å². The SMILES string of the molecule is CCc1ccc(-c2nc(-c3ccc(O)cc3O)cs2)cc1. The summed E-state index contributed by atoms with van der Waals surface area (Å²) in [6.45, 7) is 2.13. The van der Waals surface area contributed by atoms with Crippen molar-refractivity contribution in [1.82, 2.24) is 4.98 Å². The standard InChI is InChI=1S/C17H15NO2S/c1-2-11-3-5-12(6-4-11)17-18-15(10-21-17)14-8-7-13(19)9-16(14)20/h3-10,19-20H,2H2,1H3. The second-order valence-corrected chi connectivity index (χ2v) is 5.65. The zero-order valence-corrected chi connectivity index (χ0v) is 12.4. The summed E-state index contributed by atoms with van der Waals surface area (Å²) in [6, 6.07) is 12.9. The van der Waals surface area contributed by atoms with E-state index in [0.29, 0.717) is 11.3 Å². The molecule has 0 saturated heterocycles. The first kappa shape index (κ1) is 13.6. The molecule has 106 valence electrons. The molecule has 0 spiro atoms. The van der Waals surface area contributed by atoms with Gasteiger partial charge in [-0.1, -0.05) is 31.2 Å². The molecule has 0 aliphatic rings. The molecule has 1 aromatic heterocycles. The van der Waals surface area contributed by atoms with Gasteiger partial charge in [0.2, 0.25) is 0 Å². The summed E-state index contributed by atoms with van der Waals surface area (Å²) in [5, 5.41) is 22.1. The minimum Gasteiger partial charge on any atom is -0.508 e. The second-order valence-electron chi connectivity index (χ2n) is 4.79. The van der Waals surface area contributed by atoms with Gasteiger partial charge in [-0.15, -0.1) is 11.3 Å². The molecule has 2 aromatic carbocycles. The molecule has 0 aliphatic carbocycles. The Balaban J connectivity index is 1.95. The zero-order valence-electron chi connectivity index (χ0n) is 11.6. The van der Waals surface area contributed by atoms with Gasteiger partial charge in [0.1, 0.15) is 16.5 Å². The summed E-state index contributed by atoms with van der Waals surface area (Å²) in [7, 11) is 0. The summed E-state index contributed by atoms with van der Waals surface area (Å²) in [6.07, 6.45) is 1.02. The van der Waals surface area contributed by atoms with Crippen LogP contribution in [0.2, 0.25) is 0 Å². The molecule has 1 heterocycles. The maximum Gasteiger partial charge on any atom is 0.128 e. The number of aromatic nitrogens is 1. The first-order chi connectivity index (χ1) is 10.2. The molecule has 0 fully saturated rings. The van der Waals surface area contributed by atoms with Crippen molar-refractivity contribution in [3.05, 3.63) is 53.4 Å². The van der Waals surface area contributed by atoms with Crippen molar-refractivity contribution in [3.63, 3.8) is 0 Å². The number of hydrogen-bond acceptors (Lipinski definition) is 4. The quantitative estimate of drug-likeness (QED) is 0.751. The number of rotatable bonds is 3. The van der Waals surface area contributed by atoms with Crippen LogP contribution >= 0.6 is 11.3 Å². The van der Waals surface area contributed by atoms with Crippen molar-refractivity contribution < 1.29 is 10.2 Å². The fourth-order valence-electron chi connectivity index (χ4n) is 2.15. The van der Waals surface area contributed by atoms with Crippen LogP contribution in [0, 0.1) is 0 Å². The molecule has 0 bridgehead atoms. The number of phenols is 2. The summed E-state index contributed by atoms with van der Waals surface area (Å²) in [5.74, 6) is 0.0787. The third-order valence-electron chi connectivity index (χ3n) is 3.37. The fourth-order valence-corrected chi connectivity index (χ4v) is 2.98. The van der Waals surface area contributed by atoms with E-state index < -0.39 is 0 Å². The topological polar surface area (TPSA) is 53.4 Å². The number of benzene rings is 2. The van der Waals surface area contributed by atoms with Crippen LogP contribution in [0.3, 0.4) is 0 Å². The normalized spacial score (nSPS) is 10.7. The van der Waals surface area contributed by atoms with Gasteiger partial charge in [-0.3, -0.25) is 0 Å². The van der Waals surface area contributed by atoms with Gasteiger partial charge in [0, 0.05) is 22.6 Å². The van der Waals surface area contributed by atoms with Crippen LogP contribution in [0.1, 0.15) is 12.5 Å². The van der Waals surface area contributed by atoms with E-state index in [2.05, 4.69) is 36.2 Å². The lowest BCUT2D eigenvalue weighted by Crippen LogP contribution is -1.82. The van der Waals surface area contributed by atoms with Gasteiger partial charge in [0.25, 0.3) is 0 Å². The van der Waals surface area contributed by atoms with Crippen LogP contribution in [0.25, 0.3) is 21.8 Å². The molecule has 0 amide bonds. The Morgan fingerprint density at radius 1 is 1.05 bits per heavy atom. The highest BCUT2D eigenvalue weighted by Crippen LogP contribution is 2.35. The van der Waals surface area contributed by atoms with Gasteiger partial charge >= 0.3 is 0 Å². The second kappa shape index (κ2) is 5.58. The summed E-state index contributed by atoms with van der Waals surface area (Å²) in [4.78, 5) is 4.57. The number of thiazole rings is 1. The van der Waals surface area contributed by atoms with Crippen LogP contribution in [-0.4, -0.2) is 15.2 Å². The number of hydrogen-bond donors (Lipinski definition) is 2. The summed E-state index contributed by atoms with van der Waals surface area (Å²) >= 11 is 1.54. The number of nitrogens with zero attached hydrogens (tertiary/aromatic N) is 1. The molecule has 3 nitrogen and oxygen atoms in total. The fraction of sp³-hybridized carbons (Fsp3) is 0.118. The average Bonchev–Trinajstić information content (AvgIpc) is 2.97. The van der Waals surface area contributed by atoms with Crippen molar-refractivity contribution >= 4 is 11.3 Å². The smallest absolute Gasteiger partial charge is 0.128 e. The molecule has 2 N–H and O–H groups in total. The molecule has 21 heavy (non-hydrogen) atoms. The van der Waals surface area contributed by atoms with Gasteiger partial charge in [-0.05, 0) is 24.1 Å². The lowest BCUT2D eigenvalue weighted by molar-refractivity contribution is 0.452. The molecule has 0 atom stereocenters. The van der Waals surface area contributed by atoms with E-state index in [4.69, 9.17) is 0 Å². The van der Waals surface area contributed by atoms with Gasteiger partial charge in [0.15, 0.2) is 0 Å². The highest BCUT2D eigenvalue weighted by Gasteiger charge is 2.10. The maximum atomic E-state index is 9.90. The summed E-state index contributed by atoms with van der Waals surface area (Å²) in [5.41, 5.74) is 3.71. The average molecular weight is 297 g/mol. The van der Waals surface area contributed by atoms with Crippen molar-refractivity contribution in [3.8, 4) is 33.3 Å². The van der Waals surface area contributed by atoms with E-state index in [1.54, 1.807) is 12.1 Å². The largest absolute Gasteiger partial charge is 0.508 e.